The van der Waals surface area contributed by atoms with Crippen molar-refractivity contribution in [2.45, 2.75) is 31.3 Å². The van der Waals surface area contributed by atoms with Crippen molar-refractivity contribution in [3.8, 4) is 0 Å². The number of aryl methyl sites for hydroxylation is 1. The normalized spacial score (nSPS) is 12.3. The van der Waals surface area contributed by atoms with Gasteiger partial charge in [-0.3, -0.25) is 4.68 Å². The smallest absolute Gasteiger partial charge is 0.252 e. The number of alkyl halides is 2. The summed E-state index contributed by atoms with van der Waals surface area (Å²) in [5.74, 6) is 0. The van der Waals surface area contributed by atoms with Gasteiger partial charge in [-0.1, -0.05) is 6.92 Å². The van der Waals surface area contributed by atoms with Crippen LogP contribution in [0.3, 0.4) is 0 Å². The molecule has 0 saturated carbocycles. The molecule has 0 spiro atoms. The Morgan fingerprint density at radius 1 is 1.60 bits per heavy atom. The predicted octanol–water partition coefficient (Wildman–Crippen LogP) is 0.878. The van der Waals surface area contributed by atoms with Gasteiger partial charge in [0.25, 0.3) is 16.4 Å². The highest BCUT2D eigenvalue weighted by Crippen LogP contribution is 2.20. The van der Waals surface area contributed by atoms with Crippen molar-refractivity contribution >= 4 is 10.0 Å². The minimum absolute atomic E-state index is 0.235. The lowest BCUT2D eigenvalue weighted by molar-refractivity contribution is 0.145. The summed E-state index contributed by atoms with van der Waals surface area (Å²) in [5.41, 5.74) is -0.576. The van der Waals surface area contributed by atoms with E-state index in [1.54, 1.807) is 6.92 Å². The van der Waals surface area contributed by atoms with Crippen molar-refractivity contribution in [1.29, 1.82) is 0 Å². The number of rotatable bonds is 4. The average molecular weight is 239 g/mol. The second kappa shape index (κ2) is 4.23. The third-order valence-electron chi connectivity index (χ3n) is 1.71. The van der Waals surface area contributed by atoms with Gasteiger partial charge in [-0.05, 0) is 6.42 Å². The molecule has 1 aromatic heterocycles. The highest BCUT2D eigenvalue weighted by molar-refractivity contribution is 7.89. The van der Waals surface area contributed by atoms with Crippen molar-refractivity contribution in [3.05, 3.63) is 11.8 Å². The molecule has 0 fully saturated rings. The van der Waals surface area contributed by atoms with Gasteiger partial charge in [-0.2, -0.15) is 5.10 Å². The first-order valence-corrected chi connectivity index (χ1v) is 5.79. The summed E-state index contributed by atoms with van der Waals surface area (Å²) >= 11 is 0. The minimum Gasteiger partial charge on any atom is -0.252 e. The van der Waals surface area contributed by atoms with E-state index in [1.165, 1.54) is 0 Å². The topological polar surface area (TPSA) is 78.0 Å². The SMILES string of the molecule is CCCn1nc(C(F)F)cc1S(N)(=O)=O. The fourth-order valence-corrected chi connectivity index (χ4v) is 1.84. The van der Waals surface area contributed by atoms with Gasteiger partial charge < -0.3 is 0 Å². The molecule has 1 rings (SSSR count). The molecule has 0 unspecified atom stereocenters. The fraction of sp³-hybridized carbons (Fsp3) is 0.571. The summed E-state index contributed by atoms with van der Waals surface area (Å²) < 4.78 is 47.6. The molecule has 0 aromatic carbocycles. The van der Waals surface area contributed by atoms with Crippen LogP contribution in [0.5, 0.6) is 0 Å². The van der Waals surface area contributed by atoms with Gasteiger partial charge in [-0.15, -0.1) is 0 Å². The fourth-order valence-electron chi connectivity index (χ4n) is 1.13. The van der Waals surface area contributed by atoms with E-state index >= 15 is 0 Å². The van der Waals surface area contributed by atoms with Gasteiger partial charge in [0, 0.05) is 12.6 Å². The van der Waals surface area contributed by atoms with Crippen LogP contribution >= 0.6 is 0 Å². The van der Waals surface area contributed by atoms with E-state index in [9.17, 15) is 17.2 Å². The maximum Gasteiger partial charge on any atom is 0.282 e. The Morgan fingerprint density at radius 2 is 2.20 bits per heavy atom. The molecular formula is C7H11F2N3O2S. The van der Waals surface area contributed by atoms with Gasteiger partial charge in [0.1, 0.15) is 5.69 Å². The van der Waals surface area contributed by atoms with Crippen LogP contribution in [0.1, 0.15) is 25.5 Å². The summed E-state index contributed by atoms with van der Waals surface area (Å²) in [6.07, 6.45) is -2.23. The van der Waals surface area contributed by atoms with Crippen LogP contribution in [0.15, 0.2) is 11.1 Å². The number of aromatic nitrogens is 2. The Hall–Kier alpha value is -1.02. The zero-order chi connectivity index (χ0) is 11.6. The third-order valence-corrected chi connectivity index (χ3v) is 2.62. The zero-order valence-electron chi connectivity index (χ0n) is 8.02. The molecule has 8 heteroatoms. The van der Waals surface area contributed by atoms with E-state index < -0.39 is 22.1 Å². The Labute approximate surface area is 85.9 Å². The second-order valence-electron chi connectivity index (χ2n) is 2.98. The van der Waals surface area contributed by atoms with Crippen LogP contribution in [0.4, 0.5) is 8.78 Å². The van der Waals surface area contributed by atoms with Gasteiger partial charge >= 0.3 is 0 Å². The molecule has 0 amide bonds. The van der Waals surface area contributed by atoms with Crippen LogP contribution in [0.2, 0.25) is 0 Å². The molecule has 15 heavy (non-hydrogen) atoms. The summed E-state index contributed by atoms with van der Waals surface area (Å²) in [6.45, 7) is 2.01. The molecule has 0 aliphatic heterocycles. The molecule has 0 aliphatic carbocycles. The Bertz CT molecular complexity index is 441. The van der Waals surface area contributed by atoms with E-state index in [1.807, 2.05) is 0 Å². The number of hydrogen-bond acceptors (Lipinski definition) is 3. The molecule has 2 N–H and O–H groups in total. The molecule has 0 saturated heterocycles. The quantitative estimate of drug-likeness (QED) is 0.847. The lowest BCUT2D eigenvalue weighted by Gasteiger charge is -2.02. The average Bonchev–Trinajstić information content (AvgIpc) is 2.48. The third kappa shape index (κ3) is 2.72. The Kier molecular flexibility index (Phi) is 3.40. The minimum atomic E-state index is -4.00. The standard InChI is InChI=1S/C7H11F2N3O2S/c1-2-3-12-6(15(10,13)14)4-5(11-12)7(8)9/h4,7H,2-3H2,1H3,(H2,10,13,14). The van der Waals surface area contributed by atoms with Crippen LogP contribution in [0, 0.1) is 0 Å². The lowest BCUT2D eigenvalue weighted by Crippen LogP contribution is -2.17. The van der Waals surface area contributed by atoms with Crippen molar-refractivity contribution in [3.63, 3.8) is 0 Å². The maximum atomic E-state index is 12.3. The number of sulfonamides is 1. The van der Waals surface area contributed by atoms with Crippen LogP contribution in [-0.4, -0.2) is 18.2 Å². The Balaban J connectivity index is 3.24. The first-order chi connectivity index (χ1) is 6.86. The first-order valence-electron chi connectivity index (χ1n) is 4.25. The number of hydrogen-bond donors (Lipinski definition) is 1. The van der Waals surface area contributed by atoms with E-state index in [0.717, 1.165) is 10.7 Å². The molecule has 0 radical (unpaired) electrons. The maximum absolute atomic E-state index is 12.3. The van der Waals surface area contributed by atoms with Crippen molar-refractivity contribution in [2.75, 3.05) is 0 Å². The number of nitrogens with zero attached hydrogens (tertiary/aromatic N) is 2. The van der Waals surface area contributed by atoms with Gasteiger partial charge in [0.2, 0.25) is 0 Å². The molecule has 86 valence electrons. The number of primary sulfonamides is 1. The van der Waals surface area contributed by atoms with E-state index in [2.05, 4.69) is 5.10 Å². The number of nitrogens with two attached hydrogens (primary N) is 1. The molecule has 0 bridgehead atoms. The monoisotopic (exact) mass is 239 g/mol. The van der Waals surface area contributed by atoms with Crippen LogP contribution < -0.4 is 5.14 Å². The molecule has 1 aromatic rings. The lowest BCUT2D eigenvalue weighted by atomic mass is 10.5. The summed E-state index contributed by atoms with van der Waals surface area (Å²) in [5, 5.41) is 7.97. The van der Waals surface area contributed by atoms with E-state index in [-0.39, 0.29) is 11.6 Å². The number of halogens is 2. The highest BCUT2D eigenvalue weighted by Gasteiger charge is 2.21. The van der Waals surface area contributed by atoms with Crippen LogP contribution in [0.25, 0.3) is 0 Å². The molecule has 5 nitrogen and oxygen atoms in total. The highest BCUT2D eigenvalue weighted by atomic mass is 32.2. The molecular weight excluding hydrogens is 228 g/mol. The Morgan fingerprint density at radius 3 is 2.60 bits per heavy atom. The first kappa shape index (κ1) is 12.1. The van der Waals surface area contributed by atoms with Gasteiger partial charge in [0.15, 0.2) is 5.03 Å². The van der Waals surface area contributed by atoms with Gasteiger partial charge in [0.05, 0.1) is 0 Å². The van der Waals surface area contributed by atoms with E-state index in [0.29, 0.717) is 6.42 Å². The van der Waals surface area contributed by atoms with Crippen molar-refractivity contribution in [2.24, 2.45) is 5.14 Å². The summed E-state index contributed by atoms with van der Waals surface area (Å²) in [6, 6.07) is 0.801. The molecule has 0 aliphatic rings. The van der Waals surface area contributed by atoms with Crippen LogP contribution in [-0.2, 0) is 16.6 Å². The molecule has 0 atom stereocenters. The van der Waals surface area contributed by atoms with Crippen molar-refractivity contribution in [1.82, 2.24) is 9.78 Å². The zero-order valence-corrected chi connectivity index (χ0v) is 8.84. The summed E-state index contributed by atoms with van der Waals surface area (Å²) in [7, 11) is -4.00. The van der Waals surface area contributed by atoms with E-state index in [4.69, 9.17) is 5.14 Å². The summed E-state index contributed by atoms with van der Waals surface area (Å²) in [4.78, 5) is 0. The second-order valence-corrected chi connectivity index (χ2v) is 4.48. The largest absolute Gasteiger partial charge is 0.282 e. The van der Waals surface area contributed by atoms with Crippen molar-refractivity contribution < 1.29 is 17.2 Å². The molecule has 1 heterocycles. The van der Waals surface area contributed by atoms with Gasteiger partial charge in [-0.25, -0.2) is 22.3 Å². The predicted molar refractivity (Wildman–Crippen MR) is 48.8 cm³/mol.